The Hall–Kier alpha value is -2.22. The first kappa shape index (κ1) is 14.8. The van der Waals surface area contributed by atoms with Crippen LogP contribution in [0.5, 0.6) is 0 Å². The topological polar surface area (TPSA) is 122 Å². The van der Waals surface area contributed by atoms with E-state index in [-0.39, 0.29) is 17.4 Å². The van der Waals surface area contributed by atoms with Crippen molar-refractivity contribution in [1.82, 2.24) is 0 Å². The van der Waals surface area contributed by atoms with Crippen LogP contribution in [0.15, 0.2) is 24.3 Å². The van der Waals surface area contributed by atoms with Gasteiger partial charge in [0.15, 0.2) is 0 Å². The van der Waals surface area contributed by atoms with Gasteiger partial charge in [-0.1, -0.05) is 0 Å². The van der Waals surface area contributed by atoms with Crippen molar-refractivity contribution in [3.05, 3.63) is 24.3 Å². The van der Waals surface area contributed by atoms with E-state index in [9.17, 15) is 14.4 Å². The van der Waals surface area contributed by atoms with E-state index in [0.29, 0.717) is 11.4 Å². The van der Waals surface area contributed by atoms with Gasteiger partial charge in [0.05, 0.1) is 11.5 Å². The Morgan fingerprint density at radius 1 is 1.05 bits per heavy atom. The Balaban J connectivity index is 2.42. The minimum Gasteiger partial charge on any atom is -0.481 e. The number of rotatable bonds is 6. The molecule has 3 amide bonds. The van der Waals surface area contributed by atoms with Gasteiger partial charge in [-0.25, -0.2) is 4.79 Å². The van der Waals surface area contributed by atoms with Crippen molar-refractivity contribution in [3.8, 4) is 0 Å². The van der Waals surface area contributed by atoms with Crippen molar-refractivity contribution >= 4 is 41.0 Å². The lowest BCUT2D eigenvalue weighted by Gasteiger charge is -2.06. The second-order valence-corrected chi connectivity index (χ2v) is 4.49. The Morgan fingerprint density at radius 3 is 2.05 bits per heavy atom. The van der Waals surface area contributed by atoms with Gasteiger partial charge in [0.1, 0.15) is 0 Å². The minimum atomic E-state index is -0.959. The zero-order valence-corrected chi connectivity index (χ0v) is 10.7. The fourth-order valence-electron chi connectivity index (χ4n) is 1.21. The molecular formula is C11H13N3O4S. The van der Waals surface area contributed by atoms with E-state index in [2.05, 4.69) is 10.6 Å². The van der Waals surface area contributed by atoms with Gasteiger partial charge >= 0.3 is 12.0 Å². The maximum Gasteiger partial charge on any atom is 0.316 e. The number of nitrogens with one attached hydrogen (secondary N) is 2. The van der Waals surface area contributed by atoms with Crippen molar-refractivity contribution in [3.63, 3.8) is 0 Å². The van der Waals surface area contributed by atoms with Gasteiger partial charge in [-0.2, -0.15) is 0 Å². The fourth-order valence-corrected chi connectivity index (χ4v) is 1.74. The first-order chi connectivity index (χ1) is 8.97. The van der Waals surface area contributed by atoms with Crippen LogP contribution in [0.3, 0.4) is 0 Å². The monoisotopic (exact) mass is 283 g/mol. The molecule has 5 N–H and O–H groups in total. The number of urea groups is 1. The van der Waals surface area contributed by atoms with Gasteiger partial charge in [0.2, 0.25) is 5.91 Å². The summed E-state index contributed by atoms with van der Waals surface area (Å²) in [4.78, 5) is 32.3. The molecule has 0 aliphatic rings. The summed E-state index contributed by atoms with van der Waals surface area (Å²) >= 11 is 1.02. The van der Waals surface area contributed by atoms with Gasteiger partial charge in [0.25, 0.3) is 0 Å². The van der Waals surface area contributed by atoms with Crippen LogP contribution < -0.4 is 16.4 Å². The van der Waals surface area contributed by atoms with Crippen LogP contribution in [0.25, 0.3) is 0 Å². The molecule has 102 valence electrons. The van der Waals surface area contributed by atoms with E-state index in [1.807, 2.05) is 0 Å². The summed E-state index contributed by atoms with van der Waals surface area (Å²) in [6.45, 7) is 0. The number of carboxylic acid groups (broad SMARTS) is 1. The Kier molecular flexibility index (Phi) is 5.68. The van der Waals surface area contributed by atoms with Crippen molar-refractivity contribution in [2.45, 2.75) is 0 Å². The zero-order chi connectivity index (χ0) is 14.3. The smallest absolute Gasteiger partial charge is 0.316 e. The number of hydrogen-bond donors (Lipinski definition) is 4. The molecule has 0 aliphatic heterocycles. The normalized spacial score (nSPS) is 9.68. The molecule has 0 unspecified atom stereocenters. The molecule has 0 saturated carbocycles. The number of primary amides is 1. The molecule has 7 nitrogen and oxygen atoms in total. The third-order valence-corrected chi connectivity index (χ3v) is 2.81. The van der Waals surface area contributed by atoms with Crippen molar-refractivity contribution in [1.29, 1.82) is 0 Å². The lowest BCUT2D eigenvalue weighted by Crippen LogP contribution is -2.19. The largest absolute Gasteiger partial charge is 0.481 e. The number of anilines is 2. The van der Waals surface area contributed by atoms with Gasteiger partial charge in [-0.15, -0.1) is 11.8 Å². The lowest BCUT2D eigenvalue weighted by molar-refractivity contribution is -0.133. The first-order valence-corrected chi connectivity index (χ1v) is 6.39. The molecule has 0 saturated heterocycles. The molecule has 1 rings (SSSR count). The van der Waals surface area contributed by atoms with Gasteiger partial charge < -0.3 is 21.5 Å². The molecule has 0 aliphatic carbocycles. The van der Waals surface area contributed by atoms with Crippen LogP contribution in [0.1, 0.15) is 0 Å². The standard InChI is InChI=1S/C11H13N3O4S/c12-11(18)14-8-3-1-7(2-4-8)13-9(15)5-19-6-10(16)17/h1-4H,5-6H2,(H,13,15)(H,16,17)(H3,12,14,18). The maximum atomic E-state index is 11.4. The predicted octanol–water partition coefficient (Wildman–Crippen LogP) is 0.933. The van der Waals surface area contributed by atoms with E-state index in [1.54, 1.807) is 24.3 Å². The molecule has 1 aromatic carbocycles. The number of carbonyl (C=O) groups is 3. The summed E-state index contributed by atoms with van der Waals surface area (Å²) in [5.74, 6) is -1.30. The predicted molar refractivity (Wildman–Crippen MR) is 73.2 cm³/mol. The van der Waals surface area contributed by atoms with E-state index >= 15 is 0 Å². The summed E-state index contributed by atoms with van der Waals surface area (Å²) in [6.07, 6.45) is 0. The van der Waals surface area contributed by atoms with Crippen LogP contribution in [-0.2, 0) is 9.59 Å². The summed E-state index contributed by atoms with van der Waals surface area (Å²) in [7, 11) is 0. The van der Waals surface area contributed by atoms with Crippen molar-refractivity contribution in [2.24, 2.45) is 5.73 Å². The number of amides is 3. The van der Waals surface area contributed by atoms with E-state index in [1.165, 1.54) is 0 Å². The molecule has 0 aromatic heterocycles. The number of nitrogens with two attached hydrogens (primary N) is 1. The Morgan fingerprint density at radius 2 is 1.58 bits per heavy atom. The Labute approximate surface area is 113 Å². The molecule has 0 bridgehead atoms. The summed E-state index contributed by atoms with van der Waals surface area (Å²) in [5, 5.41) is 13.4. The average molecular weight is 283 g/mol. The van der Waals surface area contributed by atoms with Crippen molar-refractivity contribution in [2.75, 3.05) is 22.1 Å². The molecule has 1 aromatic rings. The van der Waals surface area contributed by atoms with Crippen molar-refractivity contribution < 1.29 is 19.5 Å². The van der Waals surface area contributed by atoms with Gasteiger partial charge in [-0.3, -0.25) is 9.59 Å². The highest BCUT2D eigenvalue weighted by Gasteiger charge is 2.05. The summed E-state index contributed by atoms with van der Waals surface area (Å²) in [5.41, 5.74) is 6.02. The van der Waals surface area contributed by atoms with E-state index in [4.69, 9.17) is 10.8 Å². The number of thioether (sulfide) groups is 1. The summed E-state index contributed by atoms with van der Waals surface area (Å²) < 4.78 is 0. The fraction of sp³-hybridized carbons (Fsp3) is 0.182. The molecule has 0 spiro atoms. The van der Waals surface area contributed by atoms with Crippen LogP contribution >= 0.6 is 11.8 Å². The molecule has 19 heavy (non-hydrogen) atoms. The van der Waals surface area contributed by atoms with Crippen LogP contribution in [0.4, 0.5) is 16.2 Å². The number of aliphatic carboxylic acids is 1. The SMILES string of the molecule is NC(=O)Nc1ccc(NC(=O)CSCC(=O)O)cc1. The van der Waals surface area contributed by atoms with Gasteiger partial charge in [-0.05, 0) is 24.3 Å². The minimum absolute atomic E-state index is 0.0631. The average Bonchev–Trinajstić information content (AvgIpc) is 2.30. The lowest BCUT2D eigenvalue weighted by atomic mass is 10.3. The van der Waals surface area contributed by atoms with Gasteiger partial charge in [0, 0.05) is 11.4 Å². The highest BCUT2D eigenvalue weighted by atomic mass is 32.2. The Bertz CT molecular complexity index is 475. The van der Waals surface area contributed by atoms with E-state index < -0.39 is 12.0 Å². The molecule has 0 heterocycles. The number of hydrogen-bond acceptors (Lipinski definition) is 4. The summed E-state index contributed by atoms with van der Waals surface area (Å²) in [6, 6.07) is 5.72. The number of carbonyl (C=O) groups excluding carboxylic acids is 2. The zero-order valence-electron chi connectivity index (χ0n) is 9.88. The second-order valence-electron chi connectivity index (χ2n) is 3.50. The molecule has 0 radical (unpaired) electrons. The quantitative estimate of drug-likeness (QED) is 0.619. The second kappa shape index (κ2) is 7.27. The maximum absolute atomic E-state index is 11.4. The highest BCUT2D eigenvalue weighted by molar-refractivity contribution is 8.00. The number of benzene rings is 1. The molecular weight excluding hydrogens is 270 g/mol. The number of carboxylic acids is 1. The molecule has 8 heteroatoms. The van der Waals surface area contributed by atoms with Crippen LogP contribution in [0.2, 0.25) is 0 Å². The van der Waals surface area contributed by atoms with E-state index in [0.717, 1.165) is 11.8 Å². The highest BCUT2D eigenvalue weighted by Crippen LogP contribution is 2.13. The third-order valence-electron chi connectivity index (χ3n) is 1.89. The molecule has 0 fully saturated rings. The van der Waals surface area contributed by atoms with Crippen LogP contribution in [-0.4, -0.2) is 34.5 Å². The first-order valence-electron chi connectivity index (χ1n) is 5.23. The third kappa shape index (κ3) is 6.32. The van der Waals surface area contributed by atoms with Crippen LogP contribution in [0, 0.1) is 0 Å². The molecule has 0 atom stereocenters.